The summed E-state index contributed by atoms with van der Waals surface area (Å²) in [6.45, 7) is 12.4. The molecule has 4 nitrogen and oxygen atoms in total. The normalized spacial score (nSPS) is 13.5. The first-order valence-corrected chi connectivity index (χ1v) is 16.9. The summed E-state index contributed by atoms with van der Waals surface area (Å²) in [5, 5.41) is 15.5. The third-order valence-corrected chi connectivity index (χ3v) is 10.1. The van der Waals surface area contributed by atoms with E-state index in [2.05, 4.69) is 26.0 Å². The van der Waals surface area contributed by atoms with E-state index in [1.54, 1.807) is 12.3 Å². The van der Waals surface area contributed by atoms with Gasteiger partial charge in [0.2, 0.25) is 0 Å². The van der Waals surface area contributed by atoms with Crippen LogP contribution >= 0.6 is 0 Å². The summed E-state index contributed by atoms with van der Waals surface area (Å²) in [5.74, 6) is -0.585. The SMILES string of the molecule is CC1(C)c2nc3ccccc3[c-]c2-c2nccc3c2c1cc1c2cc(F)cc(F)c2ccc31.CCC(CC)C(=O)/C=C(\O)C(CC)CC.[Ir]. The Labute approximate surface area is 300 Å². The van der Waals surface area contributed by atoms with Crippen LogP contribution in [-0.2, 0) is 30.3 Å². The van der Waals surface area contributed by atoms with Gasteiger partial charge in [0.15, 0.2) is 5.78 Å². The molecule has 49 heavy (non-hydrogen) atoms. The van der Waals surface area contributed by atoms with Crippen molar-refractivity contribution in [2.75, 3.05) is 0 Å². The van der Waals surface area contributed by atoms with E-state index in [0.717, 1.165) is 86.7 Å². The first-order valence-electron chi connectivity index (χ1n) is 16.9. The summed E-state index contributed by atoms with van der Waals surface area (Å²) in [6.07, 6.45) is 6.70. The molecule has 7 heteroatoms. The molecule has 0 amide bonds. The number of halogens is 2. The van der Waals surface area contributed by atoms with Gasteiger partial charge in [-0.05, 0) is 81.5 Å². The zero-order valence-corrected chi connectivity index (χ0v) is 31.1. The Hall–Kier alpha value is -4.06. The van der Waals surface area contributed by atoms with Crippen molar-refractivity contribution in [3.8, 4) is 11.3 Å². The summed E-state index contributed by atoms with van der Waals surface area (Å²) in [5.41, 5.74) is 4.15. The van der Waals surface area contributed by atoms with Crippen molar-refractivity contribution >= 4 is 49.0 Å². The van der Waals surface area contributed by atoms with Gasteiger partial charge >= 0.3 is 0 Å². The van der Waals surface area contributed by atoms with Gasteiger partial charge in [-0.15, -0.1) is 12.1 Å². The molecular weight excluding hydrogens is 795 g/mol. The van der Waals surface area contributed by atoms with Gasteiger partial charge in [0.05, 0.1) is 5.76 Å². The predicted molar refractivity (Wildman–Crippen MR) is 192 cm³/mol. The van der Waals surface area contributed by atoms with Gasteiger partial charge in [0.1, 0.15) is 11.6 Å². The molecule has 0 bridgehead atoms. The Morgan fingerprint density at radius 2 is 1.51 bits per heavy atom. The summed E-state index contributed by atoms with van der Waals surface area (Å²) < 4.78 is 28.8. The van der Waals surface area contributed by atoms with E-state index in [-0.39, 0.29) is 43.5 Å². The van der Waals surface area contributed by atoms with Crippen LogP contribution in [0.25, 0.3) is 54.5 Å². The molecule has 1 aliphatic carbocycles. The molecule has 0 saturated heterocycles. The smallest absolute Gasteiger partial charge is 0.162 e. The Morgan fingerprint density at radius 3 is 2.20 bits per heavy atom. The second-order valence-electron chi connectivity index (χ2n) is 13.3. The summed E-state index contributed by atoms with van der Waals surface area (Å²) in [4.78, 5) is 21.5. The molecule has 0 saturated carbocycles. The molecule has 0 unspecified atom stereocenters. The number of pyridine rings is 2. The number of carbonyl (C=O) groups is 1. The standard InChI is InChI=1S/C29H17F2N2.C13H24O2.Ir/c1-29(2)23-14-21-17(7-8-18-20(21)12-16(30)13-24(18)31)19-9-10-32-27(26(19)23)22-11-15-5-3-4-6-25(15)33-28(22)29;1-5-10(6-2)12(14)9-13(15)11(7-3)8-4;/h3-10,12-14H,1-2H3;9-11,14H,5-8H2,1-4H3;/q-1;;/b;12-9-;. The maximum Gasteiger partial charge on any atom is 0.162 e. The van der Waals surface area contributed by atoms with Crippen LogP contribution in [0.5, 0.6) is 0 Å². The fourth-order valence-corrected chi connectivity index (χ4v) is 7.20. The Balaban J connectivity index is 0.000000252. The Kier molecular flexibility index (Phi) is 10.7. The number of fused-ring (bicyclic) bond motifs is 7. The van der Waals surface area contributed by atoms with Crippen molar-refractivity contribution in [3.63, 3.8) is 0 Å². The monoisotopic (exact) mass is 836 g/mol. The number of hydrogen-bond acceptors (Lipinski definition) is 4. The van der Waals surface area contributed by atoms with Gasteiger partial charge in [-0.2, -0.15) is 0 Å². The average Bonchev–Trinajstić information content (AvgIpc) is 3.07. The number of ketones is 1. The van der Waals surface area contributed by atoms with Crippen molar-refractivity contribution in [3.05, 3.63) is 108 Å². The number of allylic oxidation sites excluding steroid dienone is 2. The van der Waals surface area contributed by atoms with E-state index in [0.29, 0.717) is 10.8 Å². The van der Waals surface area contributed by atoms with Crippen molar-refractivity contribution in [1.29, 1.82) is 0 Å². The van der Waals surface area contributed by atoms with Gasteiger partial charge in [-0.25, -0.2) is 8.78 Å². The fourth-order valence-electron chi connectivity index (χ4n) is 7.20. The van der Waals surface area contributed by atoms with Crippen LogP contribution in [0.15, 0.2) is 78.7 Å². The molecule has 0 aliphatic heterocycles. The quantitative estimate of drug-likeness (QED) is 0.0753. The van der Waals surface area contributed by atoms with Crippen LogP contribution in [0.1, 0.15) is 78.5 Å². The maximum atomic E-state index is 14.6. The first-order chi connectivity index (χ1) is 23.0. The van der Waals surface area contributed by atoms with Crippen LogP contribution in [0.2, 0.25) is 0 Å². The molecule has 6 aromatic rings. The molecule has 1 N–H and O–H groups in total. The number of hydrogen-bond donors (Lipinski definition) is 1. The van der Waals surface area contributed by atoms with Crippen molar-refractivity contribution in [1.82, 2.24) is 9.97 Å². The summed E-state index contributed by atoms with van der Waals surface area (Å²) in [6, 6.07) is 21.6. The third kappa shape index (κ3) is 6.39. The minimum absolute atomic E-state index is 0. The topological polar surface area (TPSA) is 63.1 Å². The number of carbonyl (C=O) groups excluding carboxylic acids is 1. The van der Waals surface area contributed by atoms with Crippen molar-refractivity contribution in [2.24, 2.45) is 11.8 Å². The second-order valence-corrected chi connectivity index (χ2v) is 13.3. The molecule has 0 atom stereocenters. The molecule has 1 radical (unpaired) electrons. The minimum atomic E-state index is -0.580. The van der Waals surface area contributed by atoms with Gasteiger partial charge < -0.3 is 10.1 Å². The largest absolute Gasteiger partial charge is 0.512 e. The third-order valence-electron chi connectivity index (χ3n) is 10.1. The molecular formula is C42H41F2IrN2O2-. The maximum absolute atomic E-state index is 14.6. The number of rotatable bonds is 7. The number of benzene rings is 4. The van der Waals surface area contributed by atoms with Gasteiger partial charge in [0, 0.05) is 66.8 Å². The number of aromatic nitrogens is 2. The molecule has 7 rings (SSSR count). The molecule has 2 aromatic heterocycles. The molecule has 1 aliphatic rings. The van der Waals surface area contributed by atoms with E-state index in [1.165, 1.54) is 12.1 Å². The van der Waals surface area contributed by atoms with Crippen molar-refractivity contribution < 1.29 is 38.8 Å². The number of aliphatic hydroxyl groups is 1. The molecule has 0 fully saturated rings. The minimum Gasteiger partial charge on any atom is -0.512 e. The second kappa shape index (κ2) is 14.4. The zero-order valence-electron chi connectivity index (χ0n) is 28.8. The zero-order chi connectivity index (χ0) is 34.3. The number of nitrogens with zero attached hydrogens (tertiary/aromatic N) is 2. The summed E-state index contributed by atoms with van der Waals surface area (Å²) >= 11 is 0. The molecule has 255 valence electrons. The number of aliphatic hydroxyl groups excluding tert-OH is 1. The number of para-hydroxylation sites is 1. The van der Waals surface area contributed by atoms with Crippen LogP contribution in [-0.4, -0.2) is 20.9 Å². The van der Waals surface area contributed by atoms with Crippen molar-refractivity contribution in [2.45, 2.75) is 72.6 Å². The molecule has 0 spiro atoms. The van der Waals surface area contributed by atoms with E-state index in [9.17, 15) is 18.7 Å². The van der Waals surface area contributed by atoms with Gasteiger partial charge in [-0.1, -0.05) is 88.9 Å². The van der Waals surface area contributed by atoms with Gasteiger partial charge in [0.25, 0.3) is 0 Å². The van der Waals surface area contributed by atoms with E-state index >= 15 is 0 Å². The predicted octanol–water partition coefficient (Wildman–Crippen LogP) is 11.3. The van der Waals surface area contributed by atoms with Crippen LogP contribution in [0.4, 0.5) is 8.78 Å². The molecule has 2 heterocycles. The van der Waals surface area contributed by atoms with Crippen LogP contribution in [0.3, 0.4) is 0 Å². The van der Waals surface area contributed by atoms with E-state index < -0.39 is 17.0 Å². The van der Waals surface area contributed by atoms with E-state index in [4.69, 9.17) is 9.97 Å². The first kappa shape index (κ1) is 36.2. The fraction of sp³-hybridized carbons (Fsp3) is 0.310. The Bertz CT molecular complexity index is 2240. The van der Waals surface area contributed by atoms with Crippen LogP contribution in [0, 0.1) is 29.5 Å². The van der Waals surface area contributed by atoms with Crippen LogP contribution < -0.4 is 0 Å². The van der Waals surface area contributed by atoms with Gasteiger partial charge in [-0.3, -0.25) is 9.78 Å². The average molecular weight is 836 g/mol. The Morgan fingerprint density at radius 1 is 0.857 bits per heavy atom. The molecule has 4 aromatic carbocycles. The summed E-state index contributed by atoms with van der Waals surface area (Å²) in [7, 11) is 0. The van der Waals surface area contributed by atoms with E-state index in [1.807, 2.05) is 64.1 Å².